The molecule has 340 valence electrons. The topological polar surface area (TPSA) is 102 Å². The number of quaternary nitrogens is 1. The Morgan fingerprint density at radius 3 is 1.32 bits per heavy atom. The molecule has 0 spiro atoms. The Bertz CT molecular complexity index is 1300. The monoisotopic (exact) mass is 836 g/mol. The highest BCUT2D eigenvalue weighted by Crippen LogP contribution is 2.13. The summed E-state index contributed by atoms with van der Waals surface area (Å²) in [5.74, 6) is -1.80. The standard InChI is InChI=1S/C52H85NO7/c1-6-8-10-12-14-16-18-20-22-23-24-25-26-27-28-29-31-32-34-36-38-40-42-50(54)59-47-48(46-58-45-44-49(52(56)57)53(3,4)5)60-51(55)43-41-39-37-35-33-30-21-19-17-15-13-11-9-7-2/h8-11,14-17,20,22,24-25,27-28,31-32,48-49H,6-7,12-13,18-19,21,23,26,29-30,33-47H2,1-5H3/b10-8+,11-9+,16-14+,17-15+,22-20+,25-24+,28-27+,32-31+. The third-order valence-electron chi connectivity index (χ3n) is 9.72. The Kier molecular flexibility index (Phi) is 39.3. The highest BCUT2D eigenvalue weighted by molar-refractivity contribution is 5.70. The van der Waals surface area contributed by atoms with Gasteiger partial charge in [-0.05, 0) is 89.9 Å². The second kappa shape index (κ2) is 42.0. The Balaban J connectivity index is 4.39. The molecule has 60 heavy (non-hydrogen) atoms. The number of hydrogen-bond acceptors (Lipinski definition) is 7. The number of esters is 2. The van der Waals surface area contributed by atoms with Crippen molar-refractivity contribution in [3.05, 3.63) is 97.2 Å². The fourth-order valence-corrected chi connectivity index (χ4v) is 6.17. The third kappa shape index (κ3) is 39.7. The van der Waals surface area contributed by atoms with Crippen LogP contribution in [0.1, 0.15) is 162 Å². The summed E-state index contributed by atoms with van der Waals surface area (Å²) in [5, 5.41) is 11.6. The van der Waals surface area contributed by atoms with Crippen molar-refractivity contribution in [1.82, 2.24) is 0 Å². The number of likely N-dealkylation sites (N-methyl/N-ethyl adjacent to an activating group) is 1. The Morgan fingerprint density at radius 2 is 0.883 bits per heavy atom. The fraction of sp³-hybridized carbons (Fsp3) is 0.635. The van der Waals surface area contributed by atoms with Crippen molar-refractivity contribution in [3.8, 4) is 0 Å². The van der Waals surface area contributed by atoms with Crippen LogP contribution in [0.4, 0.5) is 0 Å². The predicted molar refractivity (Wildman–Crippen MR) is 249 cm³/mol. The molecule has 2 unspecified atom stereocenters. The summed E-state index contributed by atoms with van der Waals surface area (Å²) in [5.41, 5.74) is 0. The summed E-state index contributed by atoms with van der Waals surface area (Å²) < 4.78 is 17.1. The van der Waals surface area contributed by atoms with E-state index < -0.39 is 18.1 Å². The Hall–Kier alpha value is -3.75. The van der Waals surface area contributed by atoms with Crippen LogP contribution >= 0.6 is 0 Å². The molecule has 0 radical (unpaired) electrons. The lowest BCUT2D eigenvalue weighted by atomic mass is 10.1. The second-order valence-electron chi connectivity index (χ2n) is 16.2. The quantitative estimate of drug-likeness (QED) is 0.0262. The van der Waals surface area contributed by atoms with Crippen molar-refractivity contribution in [2.75, 3.05) is 41.0 Å². The van der Waals surface area contributed by atoms with Gasteiger partial charge in [0.25, 0.3) is 0 Å². The first-order valence-electron chi connectivity index (χ1n) is 23.3. The summed E-state index contributed by atoms with van der Waals surface area (Å²) in [6.45, 7) is 4.38. The van der Waals surface area contributed by atoms with Gasteiger partial charge < -0.3 is 28.6 Å². The number of nitrogens with zero attached hydrogens (tertiary/aromatic N) is 1. The number of ether oxygens (including phenoxy) is 3. The molecule has 8 nitrogen and oxygen atoms in total. The summed E-state index contributed by atoms with van der Waals surface area (Å²) in [4.78, 5) is 36.9. The summed E-state index contributed by atoms with van der Waals surface area (Å²) in [6, 6.07) is -0.738. The Labute approximate surface area is 366 Å². The van der Waals surface area contributed by atoms with E-state index in [4.69, 9.17) is 14.2 Å². The minimum absolute atomic E-state index is 0.0204. The zero-order chi connectivity index (χ0) is 44.2. The zero-order valence-corrected chi connectivity index (χ0v) is 38.6. The molecule has 0 aromatic rings. The first kappa shape index (κ1) is 56.2. The molecule has 0 aromatic carbocycles. The molecule has 8 heteroatoms. The molecular weight excluding hydrogens is 751 g/mol. The van der Waals surface area contributed by atoms with Crippen LogP contribution in [0.3, 0.4) is 0 Å². The van der Waals surface area contributed by atoms with Gasteiger partial charge in [-0.2, -0.15) is 0 Å². The van der Waals surface area contributed by atoms with Crippen molar-refractivity contribution in [2.45, 2.75) is 174 Å². The van der Waals surface area contributed by atoms with E-state index in [1.165, 1.54) is 19.3 Å². The van der Waals surface area contributed by atoms with Crippen molar-refractivity contribution < 1.29 is 38.2 Å². The van der Waals surface area contributed by atoms with Crippen LogP contribution in [0.25, 0.3) is 0 Å². The molecule has 0 N–H and O–H groups in total. The van der Waals surface area contributed by atoms with Crippen LogP contribution in [-0.4, -0.2) is 75.5 Å². The van der Waals surface area contributed by atoms with Gasteiger partial charge >= 0.3 is 11.9 Å². The SMILES string of the molecule is CC/C=C/C/C=C/C/C=C/C/C=C/C/C=C/C/C=C/CCCCCC(=O)OCC(COCCC(C(=O)[O-])[N+](C)(C)C)OC(=O)CCCCCCCCC/C=C/C/C=C/CC. The predicted octanol–water partition coefficient (Wildman–Crippen LogP) is 11.7. The van der Waals surface area contributed by atoms with Gasteiger partial charge in [0, 0.05) is 19.3 Å². The number of unbranched alkanes of at least 4 members (excludes halogenated alkanes) is 10. The summed E-state index contributed by atoms with van der Waals surface area (Å²) in [6.07, 6.45) is 55.8. The zero-order valence-electron chi connectivity index (χ0n) is 38.6. The lowest BCUT2D eigenvalue weighted by Gasteiger charge is -2.34. The molecule has 2 atom stereocenters. The van der Waals surface area contributed by atoms with Crippen LogP contribution < -0.4 is 5.11 Å². The van der Waals surface area contributed by atoms with E-state index >= 15 is 0 Å². The molecule has 0 aliphatic heterocycles. The van der Waals surface area contributed by atoms with E-state index in [-0.39, 0.29) is 42.7 Å². The van der Waals surface area contributed by atoms with Gasteiger partial charge in [0.05, 0.1) is 40.3 Å². The van der Waals surface area contributed by atoms with Crippen molar-refractivity contribution >= 4 is 17.9 Å². The lowest BCUT2D eigenvalue weighted by molar-refractivity contribution is -0.889. The van der Waals surface area contributed by atoms with E-state index in [0.29, 0.717) is 12.8 Å². The first-order valence-corrected chi connectivity index (χ1v) is 23.3. The van der Waals surface area contributed by atoms with E-state index in [1.54, 1.807) is 21.1 Å². The van der Waals surface area contributed by atoms with Crippen molar-refractivity contribution in [1.29, 1.82) is 0 Å². The highest BCUT2D eigenvalue weighted by Gasteiger charge is 2.25. The molecule has 0 fully saturated rings. The van der Waals surface area contributed by atoms with Crippen LogP contribution in [0.5, 0.6) is 0 Å². The van der Waals surface area contributed by atoms with Gasteiger partial charge in [-0.25, -0.2) is 0 Å². The minimum atomic E-state index is -1.14. The lowest BCUT2D eigenvalue weighted by Crippen LogP contribution is -2.55. The molecule has 0 rings (SSSR count). The van der Waals surface area contributed by atoms with E-state index in [9.17, 15) is 19.5 Å². The normalized spacial score (nSPS) is 13.8. The highest BCUT2D eigenvalue weighted by atomic mass is 16.6. The number of carboxylic acids is 1. The molecule has 0 bridgehead atoms. The first-order chi connectivity index (χ1) is 29.1. The molecular formula is C52H85NO7. The number of allylic oxidation sites excluding steroid dienone is 16. The van der Waals surface area contributed by atoms with Crippen molar-refractivity contribution in [2.24, 2.45) is 0 Å². The van der Waals surface area contributed by atoms with Crippen LogP contribution in [-0.2, 0) is 28.6 Å². The fourth-order valence-electron chi connectivity index (χ4n) is 6.17. The maximum Gasteiger partial charge on any atom is 0.306 e. The van der Waals surface area contributed by atoms with Gasteiger partial charge in [-0.3, -0.25) is 9.59 Å². The molecule has 0 aliphatic rings. The molecule has 0 saturated heterocycles. The average Bonchev–Trinajstić information content (AvgIpc) is 3.21. The number of rotatable bonds is 40. The van der Waals surface area contributed by atoms with Gasteiger partial charge in [0.2, 0.25) is 0 Å². The van der Waals surface area contributed by atoms with E-state index in [1.807, 2.05) is 0 Å². The van der Waals surface area contributed by atoms with E-state index in [2.05, 4.69) is 111 Å². The largest absolute Gasteiger partial charge is 0.544 e. The number of carboxylic acid groups (broad SMARTS) is 1. The maximum absolute atomic E-state index is 12.7. The molecule has 0 aromatic heterocycles. The molecule has 0 aliphatic carbocycles. The smallest absolute Gasteiger partial charge is 0.306 e. The number of carbonyl (C=O) groups excluding carboxylic acids is 3. The Morgan fingerprint density at radius 1 is 0.500 bits per heavy atom. The summed E-state index contributed by atoms with van der Waals surface area (Å²) in [7, 11) is 5.38. The van der Waals surface area contributed by atoms with Gasteiger partial charge in [-0.15, -0.1) is 0 Å². The molecule has 0 heterocycles. The van der Waals surface area contributed by atoms with Gasteiger partial charge in [0.15, 0.2) is 6.10 Å². The average molecular weight is 836 g/mol. The van der Waals surface area contributed by atoms with Crippen LogP contribution in [0.2, 0.25) is 0 Å². The van der Waals surface area contributed by atoms with E-state index in [0.717, 1.165) is 109 Å². The van der Waals surface area contributed by atoms with Crippen LogP contribution in [0.15, 0.2) is 97.2 Å². The van der Waals surface area contributed by atoms with Crippen molar-refractivity contribution in [3.63, 3.8) is 0 Å². The number of hydrogen-bond donors (Lipinski definition) is 0. The minimum Gasteiger partial charge on any atom is -0.544 e. The van der Waals surface area contributed by atoms with Gasteiger partial charge in [-0.1, -0.05) is 150 Å². The number of aliphatic carboxylic acids is 1. The molecule has 0 saturated carbocycles. The second-order valence-corrected chi connectivity index (χ2v) is 16.2. The third-order valence-corrected chi connectivity index (χ3v) is 9.72. The maximum atomic E-state index is 12.7. The van der Waals surface area contributed by atoms with Crippen LogP contribution in [0, 0.1) is 0 Å². The summed E-state index contributed by atoms with van der Waals surface area (Å²) >= 11 is 0. The number of carbonyl (C=O) groups is 3. The van der Waals surface area contributed by atoms with Gasteiger partial charge in [0.1, 0.15) is 12.6 Å². The molecule has 0 amide bonds.